The van der Waals surface area contributed by atoms with Gasteiger partial charge in [0.25, 0.3) is 5.91 Å². The first-order valence-corrected chi connectivity index (χ1v) is 14.4. The van der Waals surface area contributed by atoms with Gasteiger partial charge in [-0.1, -0.05) is 62.7 Å². The summed E-state index contributed by atoms with van der Waals surface area (Å²) in [6, 6.07) is 19.2. The van der Waals surface area contributed by atoms with E-state index >= 15 is 0 Å². The second-order valence-electron chi connectivity index (χ2n) is 11.3. The highest BCUT2D eigenvalue weighted by Gasteiger charge is 2.49. The molecule has 3 aliphatic rings. The van der Waals surface area contributed by atoms with Crippen molar-refractivity contribution in [2.45, 2.75) is 51.4 Å². The van der Waals surface area contributed by atoms with E-state index in [1.54, 1.807) is 4.90 Å². The molecule has 0 bridgehead atoms. The molecule has 4 aromatic rings. The van der Waals surface area contributed by atoms with E-state index in [2.05, 4.69) is 15.6 Å². The lowest BCUT2D eigenvalue weighted by atomic mass is 9.89. The topological polar surface area (TPSA) is 113 Å². The summed E-state index contributed by atoms with van der Waals surface area (Å²) in [5.41, 5.74) is 5.30. The third kappa shape index (κ3) is 4.19. The zero-order valence-corrected chi connectivity index (χ0v) is 23.5. The van der Waals surface area contributed by atoms with E-state index in [1.807, 2.05) is 80.6 Å². The maximum Gasteiger partial charge on any atom is 0.255 e. The number of benzene rings is 3. The Morgan fingerprint density at radius 3 is 2.69 bits per heavy atom. The second-order valence-corrected chi connectivity index (χ2v) is 11.3. The summed E-state index contributed by atoms with van der Waals surface area (Å²) < 4.78 is 10.8. The minimum absolute atomic E-state index is 0.125. The van der Waals surface area contributed by atoms with Crippen LogP contribution in [0.5, 0.6) is 11.5 Å². The van der Waals surface area contributed by atoms with Gasteiger partial charge in [0.1, 0.15) is 12.1 Å². The van der Waals surface area contributed by atoms with Crippen LogP contribution in [0.3, 0.4) is 0 Å². The molecule has 0 fully saturated rings. The monoisotopic (exact) mass is 564 g/mol. The average molecular weight is 565 g/mol. The minimum atomic E-state index is -0.769. The van der Waals surface area contributed by atoms with Crippen molar-refractivity contribution in [3.05, 3.63) is 94.7 Å². The molecule has 9 nitrogen and oxygen atoms in total. The molecule has 4 unspecified atom stereocenters. The Morgan fingerprint density at radius 1 is 1.05 bits per heavy atom. The van der Waals surface area contributed by atoms with Crippen LogP contribution in [0.15, 0.2) is 66.7 Å². The number of ether oxygens (including phenoxy) is 2. The third-order valence-electron chi connectivity index (χ3n) is 8.85. The Bertz CT molecular complexity index is 1730. The van der Waals surface area contributed by atoms with Crippen molar-refractivity contribution >= 4 is 28.6 Å². The molecule has 9 heteroatoms. The first kappa shape index (κ1) is 26.1. The second kappa shape index (κ2) is 10.2. The molecular formula is C33H32N4O5. The molecule has 1 aromatic heterocycles. The molecule has 0 aliphatic carbocycles. The zero-order chi connectivity index (χ0) is 29.0. The largest absolute Gasteiger partial charge is 0.454 e. The summed E-state index contributed by atoms with van der Waals surface area (Å²) in [6.45, 7) is 4.40. The van der Waals surface area contributed by atoms with Gasteiger partial charge in [0.2, 0.25) is 18.6 Å². The van der Waals surface area contributed by atoms with Crippen LogP contribution in [0, 0.1) is 5.92 Å². The molecule has 0 saturated carbocycles. The van der Waals surface area contributed by atoms with Gasteiger partial charge in [-0.05, 0) is 46.9 Å². The van der Waals surface area contributed by atoms with Gasteiger partial charge in [-0.2, -0.15) is 0 Å². The molecule has 42 heavy (non-hydrogen) atoms. The van der Waals surface area contributed by atoms with Gasteiger partial charge in [0.05, 0.1) is 6.04 Å². The van der Waals surface area contributed by atoms with Crippen LogP contribution in [0.4, 0.5) is 0 Å². The van der Waals surface area contributed by atoms with Crippen LogP contribution in [-0.4, -0.2) is 46.5 Å². The molecule has 3 aliphatic heterocycles. The Morgan fingerprint density at radius 2 is 1.83 bits per heavy atom. The molecular weight excluding hydrogens is 532 g/mol. The number of nitrogens with one attached hydrogen (secondary N) is 3. The van der Waals surface area contributed by atoms with Gasteiger partial charge in [0.15, 0.2) is 11.5 Å². The average Bonchev–Trinajstić information content (AvgIpc) is 3.72. The standard InChI is InChI=1S/C33H32N4O5/c1-3-18(2)28(32(39)34-16-19-12-13-26-27(14-19)42-17-41-26)36-31(38)25-15-23-20-8-6-7-11-24(20)35-29(23)30-21-9-4-5-10-22(21)33(40)37(25)30/h4-14,18,25,28,30,35H,3,15-17H2,1-2H3,(H,34,39)(H,36,38). The predicted octanol–water partition coefficient (Wildman–Crippen LogP) is 4.21. The molecule has 7 rings (SSSR count). The predicted molar refractivity (Wildman–Crippen MR) is 156 cm³/mol. The number of carbonyl (C=O) groups is 3. The molecule has 0 spiro atoms. The number of carbonyl (C=O) groups excluding carboxylic acids is 3. The summed E-state index contributed by atoms with van der Waals surface area (Å²) in [5.74, 6) is 0.422. The Kier molecular flexibility index (Phi) is 6.37. The molecule has 3 N–H and O–H groups in total. The van der Waals surface area contributed by atoms with E-state index in [9.17, 15) is 14.4 Å². The van der Waals surface area contributed by atoms with Crippen molar-refractivity contribution in [2.75, 3.05) is 6.79 Å². The van der Waals surface area contributed by atoms with Crippen molar-refractivity contribution in [1.29, 1.82) is 0 Å². The van der Waals surface area contributed by atoms with Crippen LogP contribution in [0.25, 0.3) is 10.9 Å². The number of hydrogen-bond donors (Lipinski definition) is 3. The van der Waals surface area contributed by atoms with Gasteiger partial charge in [-0.3, -0.25) is 14.4 Å². The molecule has 214 valence electrons. The van der Waals surface area contributed by atoms with E-state index in [0.717, 1.165) is 33.3 Å². The van der Waals surface area contributed by atoms with Crippen LogP contribution < -0.4 is 20.1 Å². The molecule has 4 atom stereocenters. The maximum absolute atomic E-state index is 14.1. The number of para-hydroxylation sites is 1. The van der Waals surface area contributed by atoms with Crippen LogP contribution in [0.1, 0.15) is 59.1 Å². The lowest BCUT2D eigenvalue weighted by molar-refractivity contribution is -0.133. The van der Waals surface area contributed by atoms with Crippen LogP contribution in [0.2, 0.25) is 0 Å². The zero-order valence-electron chi connectivity index (χ0n) is 23.5. The fraction of sp³-hybridized carbons (Fsp3) is 0.303. The summed E-state index contributed by atoms with van der Waals surface area (Å²) >= 11 is 0. The van der Waals surface area contributed by atoms with E-state index < -0.39 is 18.1 Å². The summed E-state index contributed by atoms with van der Waals surface area (Å²) in [4.78, 5) is 46.6. The molecule has 0 saturated heterocycles. The number of fused-ring (bicyclic) bond motifs is 8. The number of hydrogen-bond acceptors (Lipinski definition) is 5. The first-order chi connectivity index (χ1) is 20.4. The summed E-state index contributed by atoms with van der Waals surface area (Å²) in [5, 5.41) is 7.07. The molecule has 4 heterocycles. The number of aromatic nitrogens is 1. The molecule has 0 radical (unpaired) electrons. The number of H-pyrrole nitrogens is 1. The first-order valence-electron chi connectivity index (χ1n) is 14.4. The fourth-order valence-corrected chi connectivity index (χ4v) is 6.44. The SMILES string of the molecule is CCC(C)C(NC(=O)C1Cc2c([nH]c3ccccc23)C2c3ccccc3C(=O)N12)C(=O)NCc1ccc2c(c1)OCO2. The van der Waals surface area contributed by atoms with Crippen LogP contribution >= 0.6 is 0 Å². The van der Waals surface area contributed by atoms with Gasteiger partial charge >= 0.3 is 0 Å². The molecule has 3 amide bonds. The smallest absolute Gasteiger partial charge is 0.255 e. The van der Waals surface area contributed by atoms with Gasteiger partial charge in [-0.25, -0.2) is 0 Å². The Hall–Kier alpha value is -4.79. The minimum Gasteiger partial charge on any atom is -0.454 e. The van der Waals surface area contributed by atoms with E-state index in [4.69, 9.17) is 9.47 Å². The Labute approximate surface area is 243 Å². The number of amides is 3. The van der Waals surface area contributed by atoms with E-state index in [0.29, 0.717) is 29.9 Å². The van der Waals surface area contributed by atoms with Gasteiger partial charge in [-0.15, -0.1) is 0 Å². The van der Waals surface area contributed by atoms with Crippen molar-refractivity contribution in [3.8, 4) is 11.5 Å². The summed E-state index contributed by atoms with van der Waals surface area (Å²) in [7, 11) is 0. The van der Waals surface area contributed by atoms with Crippen molar-refractivity contribution < 1.29 is 23.9 Å². The number of aromatic amines is 1. The quantitative estimate of drug-likeness (QED) is 0.311. The maximum atomic E-state index is 14.1. The lowest BCUT2D eigenvalue weighted by Gasteiger charge is -2.38. The van der Waals surface area contributed by atoms with E-state index in [1.165, 1.54) is 0 Å². The van der Waals surface area contributed by atoms with E-state index in [-0.39, 0.29) is 37.0 Å². The van der Waals surface area contributed by atoms with Crippen molar-refractivity contribution in [3.63, 3.8) is 0 Å². The molecule has 3 aromatic carbocycles. The number of nitrogens with zero attached hydrogens (tertiary/aromatic N) is 1. The van der Waals surface area contributed by atoms with Crippen LogP contribution in [-0.2, 0) is 22.6 Å². The van der Waals surface area contributed by atoms with Crippen molar-refractivity contribution in [2.24, 2.45) is 5.92 Å². The van der Waals surface area contributed by atoms with Crippen molar-refractivity contribution in [1.82, 2.24) is 20.5 Å². The fourth-order valence-electron chi connectivity index (χ4n) is 6.44. The lowest BCUT2D eigenvalue weighted by Crippen LogP contribution is -2.58. The summed E-state index contributed by atoms with van der Waals surface area (Å²) in [6.07, 6.45) is 1.05. The normalized spacial score (nSPS) is 19.6. The highest BCUT2D eigenvalue weighted by Crippen LogP contribution is 2.46. The Balaban J connectivity index is 1.17. The van der Waals surface area contributed by atoms with Gasteiger partial charge < -0.3 is 30.0 Å². The highest BCUT2D eigenvalue weighted by atomic mass is 16.7. The van der Waals surface area contributed by atoms with Gasteiger partial charge in [0, 0.05) is 35.1 Å². The highest BCUT2D eigenvalue weighted by molar-refractivity contribution is 6.04. The third-order valence-corrected chi connectivity index (χ3v) is 8.85. The number of rotatable bonds is 7.